The van der Waals surface area contributed by atoms with Gasteiger partial charge in [0.05, 0.1) is 6.26 Å². The van der Waals surface area contributed by atoms with Crippen molar-refractivity contribution in [3.63, 3.8) is 0 Å². The van der Waals surface area contributed by atoms with Crippen molar-refractivity contribution in [2.45, 2.75) is 18.9 Å². The van der Waals surface area contributed by atoms with Gasteiger partial charge in [-0.25, -0.2) is 0 Å². The summed E-state index contributed by atoms with van der Waals surface area (Å²) < 4.78 is 5.31. The highest BCUT2D eigenvalue weighted by molar-refractivity contribution is 6.30. The summed E-state index contributed by atoms with van der Waals surface area (Å²) in [5.74, 6) is 6.48. The molecule has 4 heteroatoms. The van der Waals surface area contributed by atoms with Crippen molar-refractivity contribution < 1.29 is 4.42 Å². The second-order valence-corrected chi connectivity index (χ2v) is 4.42. The van der Waals surface area contributed by atoms with Gasteiger partial charge in [0.2, 0.25) is 0 Å². The Kier molecular flexibility index (Phi) is 4.20. The number of nitrogens with two attached hydrogens (primary N) is 1. The van der Waals surface area contributed by atoms with Crippen LogP contribution in [0.4, 0.5) is 0 Å². The zero-order valence-corrected chi connectivity index (χ0v) is 10.2. The van der Waals surface area contributed by atoms with Crippen LogP contribution in [0.15, 0.2) is 47.1 Å². The predicted molar refractivity (Wildman–Crippen MR) is 68.7 cm³/mol. The molecule has 0 spiro atoms. The van der Waals surface area contributed by atoms with Gasteiger partial charge in [-0.1, -0.05) is 23.7 Å². The van der Waals surface area contributed by atoms with Crippen LogP contribution in [0.3, 0.4) is 0 Å². The lowest BCUT2D eigenvalue weighted by molar-refractivity contribution is 0.444. The zero-order valence-electron chi connectivity index (χ0n) is 9.40. The summed E-state index contributed by atoms with van der Waals surface area (Å²) in [5.41, 5.74) is 3.96. The molecule has 0 aliphatic carbocycles. The van der Waals surface area contributed by atoms with Gasteiger partial charge >= 0.3 is 0 Å². The molecule has 3 nitrogen and oxygen atoms in total. The topological polar surface area (TPSA) is 51.2 Å². The smallest absolute Gasteiger partial charge is 0.105 e. The molecule has 2 aromatic rings. The van der Waals surface area contributed by atoms with E-state index in [0.29, 0.717) is 0 Å². The molecular weight excluding hydrogens is 236 g/mol. The molecular formula is C13H15ClN2O. The Hall–Kier alpha value is -1.29. The van der Waals surface area contributed by atoms with E-state index in [0.717, 1.165) is 29.2 Å². The molecule has 1 atom stereocenters. The van der Waals surface area contributed by atoms with E-state index in [1.54, 1.807) is 6.26 Å². The van der Waals surface area contributed by atoms with E-state index in [9.17, 15) is 0 Å². The number of halogens is 1. The Morgan fingerprint density at radius 3 is 2.76 bits per heavy atom. The number of furan rings is 1. The second-order valence-electron chi connectivity index (χ2n) is 3.98. The number of benzene rings is 1. The quantitative estimate of drug-likeness (QED) is 0.633. The van der Waals surface area contributed by atoms with Gasteiger partial charge < -0.3 is 4.42 Å². The maximum Gasteiger partial charge on any atom is 0.105 e. The van der Waals surface area contributed by atoms with Crippen LogP contribution in [0.1, 0.15) is 11.3 Å². The lowest BCUT2D eigenvalue weighted by atomic mass is 10.0. The van der Waals surface area contributed by atoms with Crippen LogP contribution < -0.4 is 11.3 Å². The predicted octanol–water partition coefficient (Wildman–Crippen LogP) is 2.55. The first-order valence-corrected chi connectivity index (χ1v) is 5.88. The Bertz CT molecular complexity index is 456. The van der Waals surface area contributed by atoms with Crippen molar-refractivity contribution in [1.82, 2.24) is 5.43 Å². The maximum atomic E-state index is 5.94. The number of hydrogen-bond donors (Lipinski definition) is 2. The van der Waals surface area contributed by atoms with Crippen LogP contribution in [0.2, 0.25) is 5.02 Å². The number of hydrazine groups is 1. The fourth-order valence-corrected chi connectivity index (χ4v) is 2.02. The molecule has 0 fully saturated rings. The SMILES string of the molecule is NNC(Cc1cccc(Cl)c1)Cc1ccco1. The summed E-state index contributed by atoms with van der Waals surface area (Å²) in [6.45, 7) is 0. The summed E-state index contributed by atoms with van der Waals surface area (Å²) in [7, 11) is 0. The molecule has 2 rings (SSSR count). The van der Waals surface area contributed by atoms with E-state index in [1.165, 1.54) is 0 Å². The molecule has 1 aromatic heterocycles. The number of rotatable bonds is 5. The van der Waals surface area contributed by atoms with Gasteiger partial charge in [-0.2, -0.15) is 0 Å². The highest BCUT2D eigenvalue weighted by Gasteiger charge is 2.10. The average Bonchev–Trinajstić information content (AvgIpc) is 2.81. The van der Waals surface area contributed by atoms with Gasteiger partial charge in [-0.15, -0.1) is 0 Å². The van der Waals surface area contributed by atoms with E-state index < -0.39 is 0 Å². The van der Waals surface area contributed by atoms with E-state index in [2.05, 4.69) is 5.43 Å². The van der Waals surface area contributed by atoms with E-state index in [1.807, 2.05) is 36.4 Å². The highest BCUT2D eigenvalue weighted by Crippen LogP contribution is 2.14. The van der Waals surface area contributed by atoms with Crippen molar-refractivity contribution >= 4 is 11.6 Å². The third-order valence-electron chi connectivity index (χ3n) is 2.63. The third-order valence-corrected chi connectivity index (χ3v) is 2.87. The fraction of sp³-hybridized carbons (Fsp3) is 0.231. The number of hydrogen-bond acceptors (Lipinski definition) is 3. The minimum atomic E-state index is 0.139. The molecule has 0 bridgehead atoms. The van der Waals surface area contributed by atoms with E-state index in [-0.39, 0.29) is 6.04 Å². The van der Waals surface area contributed by atoms with Crippen LogP contribution in [0.5, 0.6) is 0 Å². The maximum absolute atomic E-state index is 5.94. The van der Waals surface area contributed by atoms with Crippen molar-refractivity contribution in [1.29, 1.82) is 0 Å². The minimum absolute atomic E-state index is 0.139. The van der Waals surface area contributed by atoms with Crippen molar-refractivity contribution in [2.24, 2.45) is 5.84 Å². The van der Waals surface area contributed by atoms with Crippen LogP contribution in [0.25, 0.3) is 0 Å². The minimum Gasteiger partial charge on any atom is -0.469 e. The molecule has 0 aliphatic heterocycles. The van der Waals surface area contributed by atoms with Crippen molar-refractivity contribution in [3.8, 4) is 0 Å². The Morgan fingerprint density at radius 1 is 1.24 bits per heavy atom. The molecule has 90 valence electrons. The van der Waals surface area contributed by atoms with Gasteiger partial charge in [0.1, 0.15) is 5.76 Å². The molecule has 1 unspecified atom stereocenters. The fourth-order valence-electron chi connectivity index (χ4n) is 1.81. The van der Waals surface area contributed by atoms with Gasteiger partial charge in [0.15, 0.2) is 0 Å². The van der Waals surface area contributed by atoms with Crippen molar-refractivity contribution in [3.05, 3.63) is 59.0 Å². The highest BCUT2D eigenvalue weighted by atomic mass is 35.5. The van der Waals surface area contributed by atoms with Crippen LogP contribution in [0, 0.1) is 0 Å². The Labute approximate surface area is 106 Å². The molecule has 0 saturated carbocycles. The lowest BCUT2D eigenvalue weighted by Gasteiger charge is -2.14. The number of nitrogens with one attached hydrogen (secondary N) is 1. The third kappa shape index (κ3) is 3.60. The summed E-state index contributed by atoms with van der Waals surface area (Å²) >= 11 is 5.94. The van der Waals surface area contributed by atoms with E-state index in [4.69, 9.17) is 21.9 Å². The molecule has 0 radical (unpaired) electrons. The first-order valence-electron chi connectivity index (χ1n) is 5.51. The lowest BCUT2D eigenvalue weighted by Crippen LogP contribution is -2.38. The molecule has 0 saturated heterocycles. The van der Waals surface area contributed by atoms with Crippen LogP contribution in [-0.4, -0.2) is 6.04 Å². The first kappa shape index (κ1) is 12.2. The average molecular weight is 251 g/mol. The standard InChI is InChI=1S/C13H15ClN2O/c14-11-4-1-3-10(7-11)8-12(16-15)9-13-5-2-6-17-13/h1-7,12,16H,8-9,15H2. The molecule has 17 heavy (non-hydrogen) atoms. The summed E-state index contributed by atoms with van der Waals surface area (Å²) in [6, 6.07) is 11.8. The monoisotopic (exact) mass is 250 g/mol. The van der Waals surface area contributed by atoms with E-state index >= 15 is 0 Å². The Morgan fingerprint density at radius 2 is 2.12 bits per heavy atom. The van der Waals surface area contributed by atoms with Crippen LogP contribution in [-0.2, 0) is 12.8 Å². The molecule has 0 amide bonds. The molecule has 1 aromatic carbocycles. The first-order chi connectivity index (χ1) is 8.28. The van der Waals surface area contributed by atoms with Gasteiger partial charge in [0.25, 0.3) is 0 Å². The summed E-state index contributed by atoms with van der Waals surface area (Å²) in [5, 5.41) is 0.747. The van der Waals surface area contributed by atoms with Gasteiger partial charge in [-0.05, 0) is 36.2 Å². The summed E-state index contributed by atoms with van der Waals surface area (Å²) in [4.78, 5) is 0. The molecule has 0 aliphatic rings. The summed E-state index contributed by atoms with van der Waals surface area (Å²) in [6.07, 6.45) is 3.25. The van der Waals surface area contributed by atoms with Gasteiger partial charge in [0, 0.05) is 17.5 Å². The zero-order chi connectivity index (χ0) is 12.1. The Balaban J connectivity index is 2.00. The molecule has 3 N–H and O–H groups in total. The molecule has 1 heterocycles. The largest absolute Gasteiger partial charge is 0.469 e. The van der Waals surface area contributed by atoms with Gasteiger partial charge in [-0.3, -0.25) is 11.3 Å². The normalized spacial score (nSPS) is 12.6. The van der Waals surface area contributed by atoms with Crippen molar-refractivity contribution in [2.75, 3.05) is 0 Å². The van der Waals surface area contributed by atoms with Crippen LogP contribution >= 0.6 is 11.6 Å². The second kappa shape index (κ2) is 5.87.